The number of benzene rings is 1. The van der Waals surface area contributed by atoms with Gasteiger partial charge in [-0.3, -0.25) is 14.4 Å². The fourth-order valence-electron chi connectivity index (χ4n) is 4.61. The molecule has 4 atom stereocenters. The number of hydrogen-bond donors (Lipinski definition) is 2. The number of carbonyl (C=O) groups excluding carboxylic acids is 3. The number of fused-ring (bicyclic) bond motifs is 2. The summed E-state index contributed by atoms with van der Waals surface area (Å²) in [6.45, 7) is 4.01. The van der Waals surface area contributed by atoms with Crippen molar-refractivity contribution in [1.82, 2.24) is 10.0 Å². The van der Waals surface area contributed by atoms with Crippen LogP contribution in [0, 0.1) is 23.7 Å². The number of Topliss-reactive ketones (excluding diaryl/α,β-unsaturated/α-hetero) is 2. The minimum Gasteiger partial charge on any atom is -0.349 e. The van der Waals surface area contributed by atoms with E-state index >= 15 is 0 Å². The fraction of sp³-hybridized carbons (Fsp3) is 0.591. The van der Waals surface area contributed by atoms with Crippen molar-refractivity contribution in [2.75, 3.05) is 6.54 Å². The highest BCUT2D eigenvalue weighted by Crippen LogP contribution is 2.40. The lowest BCUT2D eigenvalue weighted by Gasteiger charge is -2.26. The van der Waals surface area contributed by atoms with Crippen LogP contribution in [0.4, 0.5) is 0 Å². The minimum atomic E-state index is -3.88. The monoisotopic (exact) mass is 434 g/mol. The topological polar surface area (TPSA) is 109 Å². The molecule has 4 unspecified atom stereocenters. The van der Waals surface area contributed by atoms with E-state index in [0.717, 1.165) is 25.7 Å². The van der Waals surface area contributed by atoms with Crippen LogP contribution in [0.2, 0.25) is 0 Å². The van der Waals surface area contributed by atoms with Crippen LogP contribution in [0.15, 0.2) is 35.2 Å². The van der Waals surface area contributed by atoms with Gasteiger partial charge in [-0.15, -0.1) is 0 Å². The second-order valence-corrected chi connectivity index (χ2v) is 10.5. The molecule has 1 aliphatic carbocycles. The zero-order chi connectivity index (χ0) is 21.9. The molecule has 2 fully saturated rings. The van der Waals surface area contributed by atoms with Gasteiger partial charge in [0.15, 0.2) is 5.78 Å². The number of ketones is 2. The van der Waals surface area contributed by atoms with Gasteiger partial charge in [0, 0.05) is 18.9 Å². The van der Waals surface area contributed by atoms with Gasteiger partial charge in [0.2, 0.25) is 15.8 Å². The van der Waals surface area contributed by atoms with Crippen LogP contribution in [0.1, 0.15) is 46.0 Å². The van der Waals surface area contributed by atoms with E-state index in [1.807, 2.05) is 0 Å². The summed E-state index contributed by atoms with van der Waals surface area (Å²) in [5.74, 6) is -2.07. The van der Waals surface area contributed by atoms with Gasteiger partial charge in [-0.25, -0.2) is 13.1 Å². The molecule has 1 saturated heterocycles. The molecule has 1 aliphatic heterocycles. The van der Waals surface area contributed by atoms with E-state index in [1.165, 1.54) is 12.1 Å². The maximum atomic E-state index is 13.2. The second kappa shape index (κ2) is 9.39. The van der Waals surface area contributed by atoms with Crippen LogP contribution < -0.4 is 10.0 Å². The number of hydrogen-bond acceptors (Lipinski definition) is 5. The molecule has 30 heavy (non-hydrogen) atoms. The molecule has 3 rings (SSSR count). The Hall–Kier alpha value is -2.06. The Bertz CT molecular complexity index is 897. The van der Waals surface area contributed by atoms with E-state index in [9.17, 15) is 22.8 Å². The van der Waals surface area contributed by atoms with Crippen molar-refractivity contribution >= 4 is 27.5 Å². The molecular weight excluding hydrogens is 404 g/mol. The number of nitrogens with one attached hydrogen (secondary N) is 2. The Kier molecular flexibility index (Phi) is 7.08. The molecule has 1 amide bonds. The SMILES string of the molecule is CC(C)C(NS(=O)(=O)c1ccccc1)C(=O)CC1C(=O)C(=O)NCCC2CCC1C2. The molecule has 1 aromatic rings. The molecule has 2 bridgehead atoms. The van der Waals surface area contributed by atoms with Crippen molar-refractivity contribution in [2.45, 2.75) is 56.9 Å². The van der Waals surface area contributed by atoms with Crippen molar-refractivity contribution in [2.24, 2.45) is 23.7 Å². The van der Waals surface area contributed by atoms with Crippen LogP contribution in [-0.4, -0.2) is 38.5 Å². The van der Waals surface area contributed by atoms with E-state index in [2.05, 4.69) is 10.0 Å². The van der Waals surface area contributed by atoms with Gasteiger partial charge >= 0.3 is 0 Å². The van der Waals surface area contributed by atoms with E-state index < -0.39 is 33.7 Å². The quantitative estimate of drug-likeness (QED) is 0.639. The van der Waals surface area contributed by atoms with Crippen LogP contribution in [0.5, 0.6) is 0 Å². The van der Waals surface area contributed by atoms with Crippen molar-refractivity contribution in [3.8, 4) is 0 Å². The van der Waals surface area contributed by atoms with Crippen LogP contribution in [0.25, 0.3) is 0 Å². The second-order valence-electron chi connectivity index (χ2n) is 8.78. The van der Waals surface area contributed by atoms with E-state index in [4.69, 9.17) is 0 Å². The summed E-state index contributed by atoms with van der Waals surface area (Å²) in [5, 5.41) is 2.66. The lowest BCUT2D eigenvalue weighted by Crippen LogP contribution is -2.46. The molecule has 0 aromatic heterocycles. The number of rotatable bonds is 7. The smallest absolute Gasteiger partial charge is 0.287 e. The number of carbonyl (C=O) groups is 3. The standard InChI is InChI=1S/C22H30N2O5S/c1-14(2)20(24-30(28,29)17-6-4-3-5-7-17)19(25)13-18-16-9-8-15(12-16)10-11-23-22(27)21(18)26/h3-7,14-16,18,20,24H,8-13H2,1-2H3,(H,23,27). The summed E-state index contributed by atoms with van der Waals surface area (Å²) in [6.07, 6.45) is 3.38. The zero-order valence-corrected chi connectivity index (χ0v) is 18.3. The third-order valence-electron chi connectivity index (χ3n) is 6.32. The summed E-state index contributed by atoms with van der Waals surface area (Å²) in [7, 11) is -3.88. The first-order valence-electron chi connectivity index (χ1n) is 10.6. The molecule has 2 aliphatic rings. The normalized spacial score (nSPS) is 25.9. The van der Waals surface area contributed by atoms with Crippen molar-refractivity contribution < 1.29 is 22.8 Å². The highest BCUT2D eigenvalue weighted by molar-refractivity contribution is 7.89. The third-order valence-corrected chi connectivity index (χ3v) is 7.78. The maximum Gasteiger partial charge on any atom is 0.287 e. The average Bonchev–Trinajstić information content (AvgIpc) is 3.19. The molecule has 2 N–H and O–H groups in total. The van der Waals surface area contributed by atoms with E-state index in [0.29, 0.717) is 12.5 Å². The molecule has 0 radical (unpaired) electrons. The van der Waals surface area contributed by atoms with E-state index in [1.54, 1.807) is 32.0 Å². The van der Waals surface area contributed by atoms with Gasteiger partial charge in [0.05, 0.1) is 10.9 Å². The first-order valence-corrected chi connectivity index (χ1v) is 12.1. The average molecular weight is 435 g/mol. The number of amides is 1. The van der Waals surface area contributed by atoms with Gasteiger partial charge in [-0.05, 0) is 49.1 Å². The first kappa shape index (κ1) is 22.6. The molecule has 1 saturated carbocycles. The first-order chi connectivity index (χ1) is 14.2. The summed E-state index contributed by atoms with van der Waals surface area (Å²) < 4.78 is 28.0. The highest BCUT2D eigenvalue weighted by atomic mass is 32.2. The Morgan fingerprint density at radius 2 is 1.83 bits per heavy atom. The summed E-state index contributed by atoms with van der Waals surface area (Å²) in [4.78, 5) is 38.2. The van der Waals surface area contributed by atoms with E-state index in [-0.39, 0.29) is 28.9 Å². The molecule has 164 valence electrons. The Morgan fingerprint density at radius 1 is 1.13 bits per heavy atom. The van der Waals surface area contributed by atoms with Crippen molar-refractivity contribution in [3.63, 3.8) is 0 Å². The van der Waals surface area contributed by atoms with Crippen LogP contribution in [-0.2, 0) is 24.4 Å². The summed E-state index contributed by atoms with van der Waals surface area (Å²) in [5.41, 5.74) is 0. The maximum absolute atomic E-state index is 13.2. The van der Waals surface area contributed by atoms with Crippen LogP contribution >= 0.6 is 0 Å². The van der Waals surface area contributed by atoms with Crippen molar-refractivity contribution in [3.05, 3.63) is 30.3 Å². The van der Waals surface area contributed by atoms with Crippen LogP contribution in [0.3, 0.4) is 0 Å². The predicted molar refractivity (Wildman–Crippen MR) is 112 cm³/mol. The third kappa shape index (κ3) is 5.16. The van der Waals surface area contributed by atoms with Gasteiger partial charge in [-0.2, -0.15) is 0 Å². The lowest BCUT2D eigenvalue weighted by atomic mass is 9.80. The van der Waals surface area contributed by atoms with Gasteiger partial charge in [0.25, 0.3) is 5.91 Å². The molecule has 0 spiro atoms. The molecule has 8 heteroatoms. The Balaban J connectivity index is 1.79. The molecule has 1 aromatic carbocycles. The van der Waals surface area contributed by atoms with Gasteiger partial charge in [0.1, 0.15) is 0 Å². The van der Waals surface area contributed by atoms with Gasteiger partial charge < -0.3 is 5.32 Å². The predicted octanol–water partition coefficient (Wildman–Crippen LogP) is 2.07. The number of sulfonamides is 1. The molecule has 1 heterocycles. The Morgan fingerprint density at radius 3 is 2.50 bits per heavy atom. The largest absolute Gasteiger partial charge is 0.349 e. The highest BCUT2D eigenvalue weighted by Gasteiger charge is 2.41. The molecular formula is C22H30N2O5S. The Labute approximate surface area is 178 Å². The van der Waals surface area contributed by atoms with Crippen molar-refractivity contribution in [1.29, 1.82) is 0 Å². The summed E-state index contributed by atoms with van der Waals surface area (Å²) >= 11 is 0. The van der Waals surface area contributed by atoms with Gasteiger partial charge in [-0.1, -0.05) is 38.5 Å². The zero-order valence-electron chi connectivity index (χ0n) is 17.5. The lowest BCUT2D eigenvalue weighted by molar-refractivity contribution is -0.142. The fourth-order valence-corrected chi connectivity index (χ4v) is 6.00. The minimum absolute atomic E-state index is 0.00570. The molecule has 7 nitrogen and oxygen atoms in total. The summed E-state index contributed by atoms with van der Waals surface area (Å²) in [6, 6.07) is 6.92.